The quantitative estimate of drug-likeness (QED) is 0.469. The summed E-state index contributed by atoms with van der Waals surface area (Å²) in [5, 5.41) is 3.88. The Morgan fingerprint density at radius 1 is 1.17 bits per heavy atom. The highest BCUT2D eigenvalue weighted by molar-refractivity contribution is 9.10. The Balaban J connectivity index is 1.51. The van der Waals surface area contributed by atoms with E-state index in [1.807, 2.05) is 41.5 Å². The van der Waals surface area contributed by atoms with Gasteiger partial charge < -0.3 is 19.7 Å². The van der Waals surface area contributed by atoms with E-state index in [0.29, 0.717) is 25.2 Å². The van der Waals surface area contributed by atoms with E-state index in [2.05, 4.69) is 46.4 Å². The molecule has 2 aliphatic rings. The molecule has 3 aromatic rings. The topological polar surface area (TPSA) is 74.7 Å². The highest BCUT2D eigenvalue weighted by Crippen LogP contribution is 2.37. The monoisotopic (exact) mass is 550 g/mol. The molecule has 3 amide bonds. The summed E-state index contributed by atoms with van der Waals surface area (Å²) in [4.78, 5) is 41.6. The number of nitrogens with one attached hydrogen (secondary N) is 1. The molecule has 0 spiro atoms. The number of benzene rings is 2. The molecule has 5 rings (SSSR count). The average molecular weight is 551 g/mol. The summed E-state index contributed by atoms with van der Waals surface area (Å²) in [6.07, 6.45) is 2.47. The first-order chi connectivity index (χ1) is 17.3. The van der Waals surface area contributed by atoms with Crippen LogP contribution in [0.3, 0.4) is 0 Å². The van der Waals surface area contributed by atoms with Crippen LogP contribution in [-0.2, 0) is 22.6 Å². The van der Waals surface area contributed by atoms with Crippen LogP contribution in [0.4, 0.5) is 0 Å². The van der Waals surface area contributed by atoms with Crippen molar-refractivity contribution in [1.29, 1.82) is 0 Å². The van der Waals surface area contributed by atoms with Gasteiger partial charge in [-0.2, -0.15) is 0 Å². The second-order valence-electron chi connectivity index (χ2n) is 9.86. The van der Waals surface area contributed by atoms with Crippen LogP contribution < -0.4 is 5.32 Å². The summed E-state index contributed by atoms with van der Waals surface area (Å²) in [5.74, 6) is -0.110. The van der Waals surface area contributed by atoms with Gasteiger partial charge in [0.15, 0.2) is 0 Å². The zero-order valence-corrected chi connectivity index (χ0v) is 22.5. The Kier molecular flexibility index (Phi) is 6.64. The molecule has 0 aliphatic carbocycles. The molecule has 188 valence electrons. The Morgan fingerprint density at radius 3 is 2.64 bits per heavy atom. The number of hydrogen-bond donors (Lipinski definition) is 1. The fourth-order valence-corrected chi connectivity index (χ4v) is 6.41. The summed E-state index contributed by atoms with van der Waals surface area (Å²) in [6.45, 7) is 7.93. The molecule has 1 saturated heterocycles. The number of halogens is 1. The number of likely N-dealkylation sites (tertiary alicyclic amines) is 1. The number of aryl methyl sites for hydroxylation is 1. The van der Waals surface area contributed by atoms with Gasteiger partial charge in [-0.05, 0) is 55.5 Å². The van der Waals surface area contributed by atoms with Gasteiger partial charge in [0, 0.05) is 35.2 Å². The lowest BCUT2D eigenvalue weighted by atomic mass is 9.90. The van der Waals surface area contributed by atoms with E-state index < -0.39 is 0 Å². The molecule has 1 atom stereocenters. The predicted molar refractivity (Wildman–Crippen MR) is 143 cm³/mol. The molecule has 3 heterocycles. The van der Waals surface area contributed by atoms with Gasteiger partial charge in [0.1, 0.15) is 6.54 Å². The first-order valence-electron chi connectivity index (χ1n) is 12.5. The second kappa shape index (κ2) is 9.73. The minimum absolute atomic E-state index is 0.0103. The van der Waals surface area contributed by atoms with Gasteiger partial charge in [-0.15, -0.1) is 0 Å². The first kappa shape index (κ1) is 24.6. The number of fused-ring (bicyclic) bond motifs is 2. The van der Waals surface area contributed by atoms with Crippen molar-refractivity contribution in [2.24, 2.45) is 0 Å². The number of carbonyl (C=O) groups excluding carboxylic acids is 3. The summed E-state index contributed by atoms with van der Waals surface area (Å²) >= 11 is 3.61. The molecule has 7 nitrogen and oxygen atoms in total. The lowest BCUT2D eigenvalue weighted by Crippen LogP contribution is -2.58. The van der Waals surface area contributed by atoms with Crippen LogP contribution in [0.5, 0.6) is 0 Å². The molecular weight excluding hydrogens is 520 g/mol. The van der Waals surface area contributed by atoms with Crippen molar-refractivity contribution >= 4 is 45.1 Å². The highest BCUT2D eigenvalue weighted by atomic mass is 79.9. The van der Waals surface area contributed by atoms with Crippen LogP contribution in [0.15, 0.2) is 40.9 Å². The smallest absolute Gasteiger partial charge is 0.256 e. The van der Waals surface area contributed by atoms with Crippen molar-refractivity contribution in [3.05, 3.63) is 68.8 Å². The molecule has 0 bridgehead atoms. The number of amides is 3. The Labute approximate surface area is 219 Å². The molecule has 1 N–H and O–H groups in total. The van der Waals surface area contributed by atoms with Gasteiger partial charge in [0.05, 0.1) is 23.2 Å². The Bertz CT molecular complexity index is 1360. The summed E-state index contributed by atoms with van der Waals surface area (Å²) in [6, 6.07) is 12.4. The first-order valence-corrected chi connectivity index (χ1v) is 13.3. The van der Waals surface area contributed by atoms with Gasteiger partial charge in [-0.3, -0.25) is 14.4 Å². The van der Waals surface area contributed by atoms with Crippen LogP contribution in [0.25, 0.3) is 10.9 Å². The molecule has 0 radical (unpaired) electrons. The van der Waals surface area contributed by atoms with Gasteiger partial charge >= 0.3 is 0 Å². The predicted octanol–water partition coefficient (Wildman–Crippen LogP) is 4.13. The van der Waals surface area contributed by atoms with Crippen LogP contribution >= 0.6 is 15.9 Å². The lowest BCUT2D eigenvalue weighted by molar-refractivity contribution is -0.128. The number of nitrogens with zero attached hydrogens (tertiary/aromatic N) is 3. The van der Waals surface area contributed by atoms with Crippen molar-refractivity contribution in [2.45, 2.75) is 52.2 Å². The number of aromatic nitrogens is 1. The minimum atomic E-state index is -0.120. The molecule has 1 fully saturated rings. The van der Waals surface area contributed by atoms with Crippen LogP contribution in [0.2, 0.25) is 0 Å². The largest absolute Gasteiger partial charge is 0.348 e. The SMILES string of the molecule is CCC1c2ccccc2CCN1C(=O)c1c(C)n(CC(=O)NC2CN(C=O)C2)c2c(C)cc(Br)cc12. The van der Waals surface area contributed by atoms with E-state index >= 15 is 0 Å². The molecule has 1 unspecified atom stereocenters. The normalized spacial score (nSPS) is 17.6. The summed E-state index contributed by atoms with van der Waals surface area (Å²) in [5.41, 5.74) is 5.90. The van der Waals surface area contributed by atoms with Gasteiger partial charge in [0.25, 0.3) is 5.91 Å². The maximum atomic E-state index is 14.2. The van der Waals surface area contributed by atoms with E-state index in [1.54, 1.807) is 4.90 Å². The molecule has 2 aromatic carbocycles. The molecule has 2 aliphatic heterocycles. The minimum Gasteiger partial charge on any atom is -0.348 e. The number of hydrogen-bond acceptors (Lipinski definition) is 3. The van der Waals surface area contributed by atoms with Crippen molar-refractivity contribution in [3.8, 4) is 0 Å². The molecule has 8 heteroatoms. The van der Waals surface area contributed by atoms with Gasteiger partial charge in [-0.1, -0.05) is 47.1 Å². The Morgan fingerprint density at radius 2 is 1.92 bits per heavy atom. The van der Waals surface area contributed by atoms with Crippen LogP contribution in [-0.4, -0.2) is 58.3 Å². The standard InChI is InChI=1S/C28H31BrN4O3/c1-4-24-22-8-6-5-7-19(22)9-10-32(24)28(36)26-18(3)33(27-17(2)11-20(29)12-23(26)27)15-25(35)30-21-13-31(14-21)16-34/h5-8,11-12,16,21,24H,4,9-10,13-15H2,1-3H3,(H,30,35). The summed E-state index contributed by atoms with van der Waals surface area (Å²) in [7, 11) is 0. The third kappa shape index (κ3) is 4.21. The molecule has 36 heavy (non-hydrogen) atoms. The fraction of sp³-hybridized carbons (Fsp3) is 0.393. The summed E-state index contributed by atoms with van der Waals surface area (Å²) < 4.78 is 2.87. The zero-order chi connectivity index (χ0) is 25.6. The van der Waals surface area contributed by atoms with E-state index in [4.69, 9.17) is 0 Å². The van der Waals surface area contributed by atoms with Crippen LogP contribution in [0, 0.1) is 13.8 Å². The van der Waals surface area contributed by atoms with E-state index in [0.717, 1.165) is 45.9 Å². The van der Waals surface area contributed by atoms with E-state index in [1.165, 1.54) is 11.1 Å². The Hall–Kier alpha value is -3.13. The molecular formula is C28H31BrN4O3. The lowest BCUT2D eigenvalue weighted by Gasteiger charge is -2.37. The third-order valence-corrected chi connectivity index (χ3v) is 8.03. The maximum absolute atomic E-state index is 14.2. The fourth-order valence-electron chi connectivity index (χ4n) is 5.84. The zero-order valence-electron chi connectivity index (χ0n) is 20.9. The highest BCUT2D eigenvalue weighted by Gasteiger charge is 2.34. The molecule has 0 saturated carbocycles. The van der Waals surface area contributed by atoms with Crippen molar-refractivity contribution in [2.75, 3.05) is 19.6 Å². The molecule has 1 aromatic heterocycles. The van der Waals surface area contributed by atoms with Crippen LogP contribution in [0.1, 0.15) is 52.1 Å². The van der Waals surface area contributed by atoms with E-state index in [-0.39, 0.29) is 30.4 Å². The van der Waals surface area contributed by atoms with Gasteiger partial charge in [0.2, 0.25) is 12.3 Å². The van der Waals surface area contributed by atoms with E-state index in [9.17, 15) is 14.4 Å². The van der Waals surface area contributed by atoms with Crippen molar-refractivity contribution in [1.82, 2.24) is 19.7 Å². The van der Waals surface area contributed by atoms with Gasteiger partial charge in [-0.25, -0.2) is 0 Å². The third-order valence-electron chi connectivity index (χ3n) is 7.57. The second-order valence-corrected chi connectivity index (χ2v) is 10.8. The average Bonchev–Trinajstić information content (AvgIpc) is 3.10. The van der Waals surface area contributed by atoms with Crippen molar-refractivity contribution < 1.29 is 14.4 Å². The number of carbonyl (C=O) groups is 3. The number of rotatable bonds is 6. The van der Waals surface area contributed by atoms with Crippen molar-refractivity contribution in [3.63, 3.8) is 0 Å². The maximum Gasteiger partial charge on any atom is 0.256 e.